The minimum Gasteiger partial charge on any atom is -0.480 e. The number of hydrogen-bond acceptors (Lipinski definition) is 5. The molecule has 2 rings (SSSR count). The lowest BCUT2D eigenvalue weighted by molar-refractivity contribution is -0.138. The molecule has 0 saturated carbocycles. The zero-order valence-corrected chi connectivity index (χ0v) is 16.7. The second kappa shape index (κ2) is 9.19. The first-order chi connectivity index (χ1) is 13.6. The first-order valence-corrected chi connectivity index (χ1v) is 9.28. The Labute approximate surface area is 168 Å². The molecule has 0 radical (unpaired) electrons. The van der Waals surface area contributed by atoms with Gasteiger partial charge in [-0.25, -0.2) is 0 Å². The van der Waals surface area contributed by atoms with Crippen LogP contribution in [-0.2, 0) is 16.1 Å². The van der Waals surface area contributed by atoms with Crippen molar-refractivity contribution in [3.63, 3.8) is 0 Å². The number of amides is 2. The molecule has 0 aliphatic rings. The van der Waals surface area contributed by atoms with Crippen LogP contribution in [0.25, 0.3) is 10.9 Å². The Kier molecular flexibility index (Phi) is 6.93. The molecule has 2 aromatic rings. The van der Waals surface area contributed by atoms with Gasteiger partial charge in [0.2, 0.25) is 5.91 Å². The Hall–Kier alpha value is -3.41. The quantitative estimate of drug-likeness (QED) is 0.578. The largest absolute Gasteiger partial charge is 0.480 e. The maximum atomic E-state index is 13.0. The summed E-state index contributed by atoms with van der Waals surface area (Å²) in [5.41, 5.74) is 0.291. The molecule has 29 heavy (non-hydrogen) atoms. The number of unbranched alkanes of at least 4 members (excludes halogenated alkanes) is 1. The van der Waals surface area contributed by atoms with Crippen LogP contribution in [0.15, 0.2) is 24.3 Å². The first-order valence-electron chi connectivity index (χ1n) is 9.28. The third-order valence-electron chi connectivity index (χ3n) is 4.35. The maximum absolute atomic E-state index is 13.0. The molecule has 9 nitrogen and oxygen atoms in total. The Morgan fingerprint density at radius 1 is 1.28 bits per heavy atom. The van der Waals surface area contributed by atoms with Crippen molar-refractivity contribution in [2.75, 3.05) is 6.54 Å². The number of fused-ring (bicyclic) bond motifs is 1. The Morgan fingerprint density at radius 2 is 1.97 bits per heavy atom. The van der Waals surface area contributed by atoms with Crippen LogP contribution in [0.2, 0.25) is 0 Å². The topological polar surface area (TPSA) is 137 Å². The van der Waals surface area contributed by atoms with Crippen LogP contribution in [0.5, 0.6) is 0 Å². The highest BCUT2D eigenvalue weighted by Crippen LogP contribution is 2.22. The average molecular weight is 399 g/mol. The van der Waals surface area contributed by atoms with Gasteiger partial charge in [0.1, 0.15) is 12.6 Å². The molecule has 9 heteroatoms. The van der Waals surface area contributed by atoms with Gasteiger partial charge < -0.3 is 15.7 Å². The van der Waals surface area contributed by atoms with Gasteiger partial charge in [-0.2, -0.15) is 10.4 Å². The van der Waals surface area contributed by atoms with E-state index in [1.165, 1.54) is 0 Å². The highest BCUT2D eigenvalue weighted by Gasteiger charge is 2.34. The van der Waals surface area contributed by atoms with E-state index in [4.69, 9.17) is 10.4 Å². The van der Waals surface area contributed by atoms with Crippen LogP contribution in [0.1, 0.15) is 44.1 Å². The van der Waals surface area contributed by atoms with Crippen LogP contribution in [0.3, 0.4) is 0 Å². The van der Waals surface area contributed by atoms with Crippen LogP contribution < -0.4 is 10.6 Å². The van der Waals surface area contributed by atoms with E-state index in [0.29, 0.717) is 24.8 Å². The van der Waals surface area contributed by atoms with Crippen molar-refractivity contribution < 1.29 is 19.5 Å². The number of para-hydroxylation sites is 1. The minimum atomic E-state index is -1.17. The van der Waals surface area contributed by atoms with E-state index >= 15 is 0 Å². The summed E-state index contributed by atoms with van der Waals surface area (Å²) in [7, 11) is 0. The summed E-state index contributed by atoms with van der Waals surface area (Å²) in [6.07, 6.45) is 0.983. The second-order valence-electron chi connectivity index (χ2n) is 7.73. The smallest absolute Gasteiger partial charge is 0.322 e. The Morgan fingerprint density at radius 3 is 2.59 bits per heavy atom. The molecular formula is C20H25N5O4. The number of carbonyl (C=O) groups excluding carboxylic acids is 2. The maximum Gasteiger partial charge on any atom is 0.322 e. The summed E-state index contributed by atoms with van der Waals surface area (Å²) in [5.74, 6) is -2.27. The van der Waals surface area contributed by atoms with Crippen molar-refractivity contribution in [3.8, 4) is 6.07 Å². The summed E-state index contributed by atoms with van der Waals surface area (Å²) >= 11 is 0. The molecule has 1 unspecified atom stereocenters. The van der Waals surface area contributed by atoms with E-state index in [-0.39, 0.29) is 5.69 Å². The molecule has 0 bridgehead atoms. The molecule has 0 fully saturated rings. The third-order valence-corrected chi connectivity index (χ3v) is 4.35. The van der Waals surface area contributed by atoms with E-state index in [0.717, 1.165) is 5.52 Å². The van der Waals surface area contributed by atoms with Crippen molar-refractivity contribution in [1.82, 2.24) is 20.4 Å². The van der Waals surface area contributed by atoms with Gasteiger partial charge in [0.25, 0.3) is 5.91 Å². The fourth-order valence-corrected chi connectivity index (χ4v) is 2.91. The average Bonchev–Trinajstić information content (AvgIpc) is 3.02. The second-order valence-corrected chi connectivity index (χ2v) is 7.73. The molecule has 154 valence electrons. The number of nitrogens with one attached hydrogen (secondary N) is 2. The van der Waals surface area contributed by atoms with Gasteiger partial charge in [0.05, 0.1) is 11.6 Å². The molecule has 1 atom stereocenters. The molecule has 0 aliphatic carbocycles. The van der Waals surface area contributed by atoms with Gasteiger partial charge in [-0.1, -0.05) is 39.0 Å². The molecular weight excluding hydrogens is 374 g/mol. The number of aryl methyl sites for hydroxylation is 1. The van der Waals surface area contributed by atoms with Crippen molar-refractivity contribution >= 4 is 28.7 Å². The molecule has 0 spiro atoms. The monoisotopic (exact) mass is 399 g/mol. The fourth-order valence-electron chi connectivity index (χ4n) is 2.91. The number of benzene rings is 1. The van der Waals surface area contributed by atoms with E-state index in [1.54, 1.807) is 37.6 Å². The number of aromatic nitrogens is 2. The molecule has 3 N–H and O–H groups in total. The number of nitriles is 1. The number of aliphatic carboxylic acids is 1. The number of nitrogens with zero attached hydrogens (tertiary/aromatic N) is 3. The highest BCUT2D eigenvalue weighted by molar-refractivity contribution is 6.06. The van der Waals surface area contributed by atoms with Crippen molar-refractivity contribution in [2.24, 2.45) is 5.41 Å². The number of hydrogen-bond donors (Lipinski definition) is 3. The molecule has 2 amide bonds. The Balaban J connectivity index is 2.30. The molecule has 1 heterocycles. The summed E-state index contributed by atoms with van der Waals surface area (Å²) in [6, 6.07) is 8.38. The molecule has 1 aromatic carbocycles. The van der Waals surface area contributed by atoms with Crippen molar-refractivity contribution in [3.05, 3.63) is 30.0 Å². The SMILES string of the molecule is CC(C)(C)C(NC(=O)c1nn(CCCC#N)c2ccccc12)C(=O)NCC(=O)O. The predicted octanol–water partition coefficient (Wildman–Crippen LogP) is 1.69. The van der Waals surface area contributed by atoms with E-state index in [9.17, 15) is 14.4 Å². The van der Waals surface area contributed by atoms with Gasteiger partial charge in [-0.05, 0) is 17.9 Å². The number of carboxylic acids is 1. The molecule has 0 aliphatic heterocycles. The third kappa shape index (κ3) is 5.54. The van der Waals surface area contributed by atoms with Crippen LogP contribution in [-0.4, -0.2) is 45.3 Å². The molecule has 1 aromatic heterocycles. The van der Waals surface area contributed by atoms with Gasteiger partial charge in [-0.3, -0.25) is 19.1 Å². The van der Waals surface area contributed by atoms with Gasteiger partial charge in [-0.15, -0.1) is 0 Å². The standard InChI is InChI=1S/C20H25N5O4/c1-20(2,3)17(19(29)22-12-15(26)27)23-18(28)16-13-8-4-5-9-14(13)25(24-16)11-7-6-10-21/h4-5,8-9,17H,6-7,11-12H2,1-3H3,(H,22,29)(H,23,28)(H,26,27). The lowest BCUT2D eigenvalue weighted by Crippen LogP contribution is -2.54. The number of rotatable bonds is 8. The zero-order valence-electron chi connectivity index (χ0n) is 16.7. The van der Waals surface area contributed by atoms with E-state index in [1.807, 2.05) is 12.1 Å². The van der Waals surface area contributed by atoms with Crippen LogP contribution >= 0.6 is 0 Å². The number of carbonyl (C=O) groups is 3. The molecule has 0 saturated heterocycles. The summed E-state index contributed by atoms with van der Waals surface area (Å²) in [6.45, 7) is 5.28. The van der Waals surface area contributed by atoms with Crippen molar-refractivity contribution in [1.29, 1.82) is 5.26 Å². The van der Waals surface area contributed by atoms with Gasteiger partial charge >= 0.3 is 5.97 Å². The fraction of sp³-hybridized carbons (Fsp3) is 0.450. The lowest BCUT2D eigenvalue weighted by Gasteiger charge is -2.30. The van der Waals surface area contributed by atoms with Crippen molar-refractivity contribution in [2.45, 2.75) is 46.2 Å². The summed E-state index contributed by atoms with van der Waals surface area (Å²) in [5, 5.41) is 27.6. The Bertz CT molecular complexity index is 952. The minimum absolute atomic E-state index is 0.179. The summed E-state index contributed by atoms with van der Waals surface area (Å²) < 4.78 is 1.68. The normalized spacial score (nSPS) is 12.2. The van der Waals surface area contributed by atoms with Gasteiger partial charge in [0.15, 0.2) is 5.69 Å². The van der Waals surface area contributed by atoms with Crippen LogP contribution in [0, 0.1) is 16.7 Å². The van der Waals surface area contributed by atoms with Gasteiger partial charge in [0, 0.05) is 18.4 Å². The van der Waals surface area contributed by atoms with Crippen LogP contribution in [0.4, 0.5) is 0 Å². The lowest BCUT2D eigenvalue weighted by atomic mass is 9.86. The number of carboxylic acid groups (broad SMARTS) is 1. The first kappa shape index (κ1) is 21.9. The van der Waals surface area contributed by atoms with E-state index in [2.05, 4.69) is 21.8 Å². The summed E-state index contributed by atoms with van der Waals surface area (Å²) in [4.78, 5) is 36.2. The predicted molar refractivity (Wildman–Crippen MR) is 106 cm³/mol. The highest BCUT2D eigenvalue weighted by atomic mass is 16.4. The zero-order chi connectivity index (χ0) is 21.6. The van der Waals surface area contributed by atoms with E-state index < -0.39 is 35.8 Å².